The molecule has 2 aliphatic rings. The van der Waals surface area contributed by atoms with Crippen molar-refractivity contribution < 1.29 is 14.3 Å². The zero-order valence-corrected chi connectivity index (χ0v) is 12.4. The van der Waals surface area contributed by atoms with Gasteiger partial charge in [0.1, 0.15) is 5.75 Å². The molecule has 21 heavy (non-hydrogen) atoms. The Balaban J connectivity index is 2.25. The van der Waals surface area contributed by atoms with E-state index in [4.69, 9.17) is 4.74 Å². The van der Waals surface area contributed by atoms with Gasteiger partial charge in [-0.2, -0.15) is 10.5 Å². The Morgan fingerprint density at radius 2 is 1.81 bits per heavy atom. The van der Waals surface area contributed by atoms with Gasteiger partial charge in [0, 0.05) is 16.0 Å². The average molecular weight is 346 g/mol. The van der Waals surface area contributed by atoms with Crippen molar-refractivity contribution >= 4 is 27.7 Å². The SMILES string of the molecule is COc1ccc(Br)cc1C1[C@]2(C#N)C(=O)NC(=O)[C@]12C#N. The Morgan fingerprint density at radius 1 is 1.24 bits per heavy atom. The molecule has 0 radical (unpaired) electrons. The quantitative estimate of drug-likeness (QED) is 0.812. The maximum atomic E-state index is 12.1. The van der Waals surface area contributed by atoms with Gasteiger partial charge in [-0.25, -0.2) is 0 Å². The lowest BCUT2D eigenvalue weighted by Crippen LogP contribution is -2.31. The molecule has 3 rings (SSSR count). The molecule has 1 saturated carbocycles. The molecule has 1 aromatic carbocycles. The summed E-state index contributed by atoms with van der Waals surface area (Å²) in [5.41, 5.74) is -2.85. The smallest absolute Gasteiger partial charge is 0.250 e. The van der Waals surface area contributed by atoms with Gasteiger partial charge in [0.2, 0.25) is 11.8 Å². The molecule has 1 aliphatic carbocycles. The number of fused-ring (bicyclic) bond motifs is 1. The van der Waals surface area contributed by atoms with Crippen LogP contribution in [0.5, 0.6) is 5.75 Å². The summed E-state index contributed by atoms with van der Waals surface area (Å²) in [6.07, 6.45) is 0. The lowest BCUT2D eigenvalue weighted by Gasteiger charge is -2.12. The maximum absolute atomic E-state index is 12.1. The predicted molar refractivity (Wildman–Crippen MR) is 72.7 cm³/mol. The number of benzene rings is 1. The first-order valence-corrected chi connectivity index (χ1v) is 6.80. The van der Waals surface area contributed by atoms with Crippen molar-refractivity contribution in [2.45, 2.75) is 5.92 Å². The number of halogens is 1. The molecule has 1 unspecified atom stereocenters. The van der Waals surface area contributed by atoms with Crippen LogP contribution in [0.2, 0.25) is 0 Å². The third-order valence-electron chi connectivity index (χ3n) is 4.20. The van der Waals surface area contributed by atoms with Crippen LogP contribution in [0.15, 0.2) is 22.7 Å². The van der Waals surface area contributed by atoms with E-state index in [9.17, 15) is 20.1 Å². The van der Waals surface area contributed by atoms with Gasteiger partial charge in [-0.1, -0.05) is 15.9 Å². The van der Waals surface area contributed by atoms with Crippen LogP contribution >= 0.6 is 15.9 Å². The molecule has 1 aromatic rings. The molecule has 104 valence electrons. The van der Waals surface area contributed by atoms with Crippen molar-refractivity contribution in [2.75, 3.05) is 7.11 Å². The number of methoxy groups -OCH3 is 1. The van der Waals surface area contributed by atoms with Gasteiger partial charge in [0.15, 0.2) is 10.8 Å². The highest BCUT2D eigenvalue weighted by Crippen LogP contribution is 2.77. The molecule has 1 heterocycles. The zero-order chi connectivity index (χ0) is 15.4. The fourth-order valence-electron chi connectivity index (χ4n) is 3.20. The van der Waals surface area contributed by atoms with E-state index in [0.717, 1.165) is 0 Å². The summed E-state index contributed by atoms with van der Waals surface area (Å²) in [4.78, 5) is 24.1. The minimum Gasteiger partial charge on any atom is -0.496 e. The van der Waals surface area contributed by atoms with E-state index in [1.54, 1.807) is 18.2 Å². The van der Waals surface area contributed by atoms with Crippen LogP contribution in [0.4, 0.5) is 0 Å². The van der Waals surface area contributed by atoms with Gasteiger partial charge in [-0.15, -0.1) is 0 Å². The van der Waals surface area contributed by atoms with Gasteiger partial charge in [0.05, 0.1) is 19.2 Å². The summed E-state index contributed by atoms with van der Waals surface area (Å²) < 4.78 is 5.94. The molecule has 1 saturated heterocycles. The van der Waals surface area contributed by atoms with Crippen LogP contribution in [0.3, 0.4) is 0 Å². The minimum absolute atomic E-state index is 0.433. The summed E-state index contributed by atoms with van der Waals surface area (Å²) in [6, 6.07) is 8.82. The van der Waals surface area contributed by atoms with E-state index in [1.807, 2.05) is 12.1 Å². The number of nitriles is 2. The number of nitrogens with zero attached hydrogens (tertiary/aromatic N) is 2. The molecule has 7 heteroatoms. The van der Waals surface area contributed by atoms with Gasteiger partial charge < -0.3 is 4.74 Å². The van der Waals surface area contributed by atoms with Crippen molar-refractivity contribution in [3.8, 4) is 17.9 Å². The van der Waals surface area contributed by atoms with E-state index in [-0.39, 0.29) is 0 Å². The number of nitrogens with one attached hydrogen (secondary N) is 1. The Labute approximate surface area is 128 Å². The highest BCUT2D eigenvalue weighted by molar-refractivity contribution is 9.10. The van der Waals surface area contributed by atoms with E-state index in [2.05, 4.69) is 21.2 Å². The number of hydrogen-bond acceptors (Lipinski definition) is 5. The topological polar surface area (TPSA) is 103 Å². The first-order valence-electron chi connectivity index (χ1n) is 6.01. The Hall–Kier alpha value is -2.38. The fourth-order valence-corrected chi connectivity index (χ4v) is 3.58. The molecule has 1 N–H and O–H groups in total. The van der Waals surface area contributed by atoms with Gasteiger partial charge in [0.25, 0.3) is 0 Å². The number of amides is 2. The van der Waals surface area contributed by atoms with Crippen molar-refractivity contribution in [2.24, 2.45) is 10.8 Å². The molecule has 2 amide bonds. The second kappa shape index (κ2) is 4.06. The number of carbonyl (C=O) groups excluding carboxylic acids is 2. The third kappa shape index (κ3) is 1.29. The standard InChI is InChI=1S/C14H8BrN3O3/c1-21-9-3-2-7(15)4-8(9)10-13(5-16)11(19)18-12(20)14(10,13)6-17/h2-4,10H,1H3,(H,18,19,20)/t10?,13-,14+. The van der Waals surface area contributed by atoms with Crippen molar-refractivity contribution in [1.82, 2.24) is 5.32 Å². The van der Waals surface area contributed by atoms with E-state index in [1.165, 1.54) is 7.11 Å². The lowest BCUT2D eigenvalue weighted by molar-refractivity contribution is -0.128. The van der Waals surface area contributed by atoms with Crippen LogP contribution in [0, 0.1) is 33.5 Å². The number of hydrogen-bond donors (Lipinski definition) is 1. The number of ether oxygens (including phenoxy) is 1. The van der Waals surface area contributed by atoms with Crippen molar-refractivity contribution in [3.05, 3.63) is 28.2 Å². The molecule has 2 fully saturated rings. The first kappa shape index (κ1) is 13.6. The van der Waals surface area contributed by atoms with Gasteiger partial charge >= 0.3 is 0 Å². The van der Waals surface area contributed by atoms with Crippen molar-refractivity contribution in [1.29, 1.82) is 10.5 Å². The third-order valence-corrected chi connectivity index (χ3v) is 4.70. The number of imide groups is 1. The van der Waals surface area contributed by atoms with E-state index in [0.29, 0.717) is 15.8 Å². The molecule has 1 aliphatic heterocycles. The second-order valence-electron chi connectivity index (χ2n) is 4.94. The summed E-state index contributed by atoms with van der Waals surface area (Å²) in [5, 5.41) is 21.0. The van der Waals surface area contributed by atoms with E-state index >= 15 is 0 Å². The monoisotopic (exact) mass is 345 g/mol. The van der Waals surface area contributed by atoms with Crippen LogP contribution in [0.25, 0.3) is 0 Å². The Bertz CT molecular complexity index is 741. The molecule has 0 spiro atoms. The fraction of sp³-hybridized carbons (Fsp3) is 0.286. The summed E-state index contributed by atoms with van der Waals surface area (Å²) in [7, 11) is 1.45. The van der Waals surface area contributed by atoms with Gasteiger partial charge in [-0.05, 0) is 18.2 Å². The normalized spacial score (nSPS) is 32.7. The molecule has 6 nitrogen and oxygen atoms in total. The van der Waals surface area contributed by atoms with Crippen LogP contribution < -0.4 is 10.1 Å². The molecular formula is C14H8BrN3O3. The summed E-state index contributed by atoms with van der Waals surface area (Å²) in [6.45, 7) is 0. The highest BCUT2D eigenvalue weighted by atomic mass is 79.9. The predicted octanol–water partition coefficient (Wildman–Crippen LogP) is 1.23. The largest absolute Gasteiger partial charge is 0.496 e. The van der Waals surface area contributed by atoms with Crippen LogP contribution in [-0.4, -0.2) is 18.9 Å². The number of piperidine rings is 1. The minimum atomic E-state index is -1.67. The second-order valence-corrected chi connectivity index (χ2v) is 5.86. The zero-order valence-electron chi connectivity index (χ0n) is 10.8. The van der Waals surface area contributed by atoms with Crippen LogP contribution in [0.1, 0.15) is 11.5 Å². The van der Waals surface area contributed by atoms with Crippen molar-refractivity contribution in [3.63, 3.8) is 0 Å². The molecule has 3 atom stereocenters. The maximum Gasteiger partial charge on any atom is 0.250 e. The molecule has 0 bridgehead atoms. The number of carbonyl (C=O) groups is 2. The van der Waals surface area contributed by atoms with Gasteiger partial charge in [-0.3, -0.25) is 14.9 Å². The summed E-state index contributed by atoms with van der Waals surface area (Å²) in [5.74, 6) is -1.83. The lowest BCUT2D eigenvalue weighted by atomic mass is 9.98. The number of rotatable bonds is 2. The first-order chi connectivity index (χ1) is 9.99. The van der Waals surface area contributed by atoms with Crippen LogP contribution in [-0.2, 0) is 9.59 Å². The Morgan fingerprint density at radius 3 is 2.29 bits per heavy atom. The highest BCUT2D eigenvalue weighted by Gasteiger charge is 2.91. The average Bonchev–Trinajstić information content (AvgIpc) is 3.04. The summed E-state index contributed by atoms with van der Waals surface area (Å²) >= 11 is 3.30. The van der Waals surface area contributed by atoms with E-state index < -0.39 is 28.6 Å². The Kier molecular flexibility index (Phi) is 2.63. The molecule has 0 aromatic heterocycles. The molecular weight excluding hydrogens is 338 g/mol.